The Kier molecular flexibility index (Phi) is 6.93. The average Bonchev–Trinajstić information content (AvgIpc) is 2.25. The Bertz CT molecular complexity index is 297. The lowest BCUT2D eigenvalue weighted by atomic mass is 9.89. The fourth-order valence-electron chi connectivity index (χ4n) is 1.37. The van der Waals surface area contributed by atoms with Gasteiger partial charge in [0.2, 0.25) is 0 Å². The lowest BCUT2D eigenvalue weighted by Gasteiger charge is -2.17. The summed E-state index contributed by atoms with van der Waals surface area (Å²) in [7, 11) is 0. The second-order valence-electron chi connectivity index (χ2n) is 4.48. The monoisotopic (exact) mass is 218 g/mol. The van der Waals surface area contributed by atoms with Gasteiger partial charge in [0.15, 0.2) is 0 Å². The first-order valence-corrected chi connectivity index (χ1v) is 5.43. The summed E-state index contributed by atoms with van der Waals surface area (Å²) < 4.78 is 0. The Labute approximate surface area is 97.7 Å². The third kappa shape index (κ3) is 6.82. The minimum Gasteiger partial charge on any atom is -0.277 e. The fourth-order valence-corrected chi connectivity index (χ4v) is 1.37. The van der Waals surface area contributed by atoms with E-state index in [2.05, 4.69) is 6.07 Å². The van der Waals surface area contributed by atoms with Crippen LogP contribution in [-0.4, -0.2) is 24.5 Å². The van der Waals surface area contributed by atoms with Gasteiger partial charge in [-0.2, -0.15) is 15.8 Å². The predicted octanol–water partition coefficient (Wildman–Crippen LogP) is 2.06. The summed E-state index contributed by atoms with van der Waals surface area (Å²) in [6.45, 7) is 5.21. The molecule has 0 atom stereocenters. The summed E-state index contributed by atoms with van der Waals surface area (Å²) in [6, 6.07) is 6.35. The van der Waals surface area contributed by atoms with E-state index in [4.69, 9.17) is 15.8 Å². The molecule has 4 nitrogen and oxygen atoms in total. The van der Waals surface area contributed by atoms with Crippen molar-refractivity contribution in [3.05, 3.63) is 0 Å². The van der Waals surface area contributed by atoms with E-state index in [1.54, 1.807) is 0 Å². The highest BCUT2D eigenvalue weighted by Gasteiger charge is 2.15. The maximum absolute atomic E-state index is 8.82. The van der Waals surface area contributed by atoms with E-state index in [-0.39, 0.29) is 5.41 Å². The summed E-state index contributed by atoms with van der Waals surface area (Å²) in [5, 5.41) is 25.9. The maximum atomic E-state index is 8.82. The van der Waals surface area contributed by atoms with Crippen LogP contribution in [0.2, 0.25) is 0 Å². The van der Waals surface area contributed by atoms with Crippen LogP contribution < -0.4 is 0 Å². The molecule has 4 heteroatoms. The van der Waals surface area contributed by atoms with E-state index in [0.717, 1.165) is 25.8 Å². The molecule has 0 amide bonds. The first kappa shape index (κ1) is 14.4. The summed E-state index contributed by atoms with van der Waals surface area (Å²) in [5.74, 6) is 0. The zero-order valence-corrected chi connectivity index (χ0v) is 10.0. The summed E-state index contributed by atoms with van der Waals surface area (Å²) >= 11 is 0. The van der Waals surface area contributed by atoms with Gasteiger partial charge in [-0.05, 0) is 26.7 Å². The van der Waals surface area contributed by atoms with Gasteiger partial charge in [-0.1, -0.05) is 6.42 Å². The summed E-state index contributed by atoms with van der Waals surface area (Å²) in [4.78, 5) is 1.82. The van der Waals surface area contributed by atoms with Crippen molar-refractivity contribution in [3.8, 4) is 18.2 Å². The molecule has 0 heterocycles. The van der Waals surface area contributed by atoms with Crippen molar-refractivity contribution in [3.63, 3.8) is 0 Å². The van der Waals surface area contributed by atoms with E-state index in [9.17, 15) is 0 Å². The fraction of sp³-hybridized carbons (Fsp3) is 0.750. The van der Waals surface area contributed by atoms with Gasteiger partial charge in [0.25, 0.3) is 0 Å². The van der Waals surface area contributed by atoms with Gasteiger partial charge in [-0.15, -0.1) is 0 Å². The Morgan fingerprint density at radius 2 is 1.56 bits per heavy atom. The third-order valence-corrected chi connectivity index (χ3v) is 2.42. The molecule has 0 radical (unpaired) electrons. The van der Waals surface area contributed by atoms with E-state index < -0.39 is 0 Å². The smallest absolute Gasteiger partial charge is 0.0874 e. The number of nitriles is 3. The summed E-state index contributed by atoms with van der Waals surface area (Å²) in [6.07, 6.45) is 2.73. The van der Waals surface area contributed by atoms with Crippen molar-refractivity contribution in [2.45, 2.75) is 33.1 Å². The minimum atomic E-state index is -0.269. The molecule has 0 saturated heterocycles. The lowest BCUT2D eigenvalue weighted by Crippen LogP contribution is -2.25. The molecule has 0 rings (SSSR count). The van der Waals surface area contributed by atoms with Crippen LogP contribution in [0.4, 0.5) is 0 Å². The van der Waals surface area contributed by atoms with Gasteiger partial charge < -0.3 is 0 Å². The molecule has 0 aromatic rings. The van der Waals surface area contributed by atoms with Crippen LogP contribution in [0.15, 0.2) is 0 Å². The molecule has 0 N–H and O–H groups in total. The van der Waals surface area contributed by atoms with Gasteiger partial charge in [0.05, 0.1) is 36.7 Å². The molecule has 0 unspecified atom stereocenters. The quantitative estimate of drug-likeness (QED) is 0.484. The van der Waals surface area contributed by atoms with Crippen LogP contribution in [0.3, 0.4) is 0 Å². The van der Waals surface area contributed by atoms with Crippen LogP contribution in [0.25, 0.3) is 0 Å². The number of hydrogen-bond acceptors (Lipinski definition) is 4. The summed E-state index contributed by atoms with van der Waals surface area (Å²) in [5.41, 5.74) is -0.269. The topological polar surface area (TPSA) is 74.6 Å². The average molecular weight is 218 g/mol. The molecular formula is C12H18N4. The molecule has 86 valence electrons. The zero-order valence-electron chi connectivity index (χ0n) is 10.0. The Hall–Kier alpha value is -1.57. The molecule has 0 aliphatic rings. The molecule has 0 saturated carbocycles. The lowest BCUT2D eigenvalue weighted by molar-refractivity contribution is 0.319. The molecule has 0 bridgehead atoms. The van der Waals surface area contributed by atoms with Crippen LogP contribution >= 0.6 is 0 Å². The van der Waals surface area contributed by atoms with Gasteiger partial charge in [0, 0.05) is 6.54 Å². The second kappa shape index (κ2) is 7.69. The van der Waals surface area contributed by atoms with Crippen molar-refractivity contribution < 1.29 is 0 Å². The SMILES string of the molecule is CC(C)(C#N)CCCCN(CC#N)CC#N. The van der Waals surface area contributed by atoms with Gasteiger partial charge in [-0.3, -0.25) is 4.90 Å². The van der Waals surface area contributed by atoms with Gasteiger partial charge in [0.1, 0.15) is 0 Å². The van der Waals surface area contributed by atoms with Crippen molar-refractivity contribution in [2.24, 2.45) is 5.41 Å². The predicted molar refractivity (Wildman–Crippen MR) is 60.9 cm³/mol. The molecule has 0 aliphatic heterocycles. The zero-order chi connectivity index (χ0) is 12.4. The maximum Gasteiger partial charge on any atom is 0.0874 e. The Balaban J connectivity index is 3.77. The van der Waals surface area contributed by atoms with E-state index in [1.807, 2.05) is 30.9 Å². The standard InChI is InChI=1S/C12H18N4/c1-12(2,11-15)5-3-4-8-16(9-6-13)10-7-14/h3-5,8-10H2,1-2H3. The molecule has 0 spiro atoms. The number of rotatable bonds is 7. The first-order chi connectivity index (χ1) is 7.55. The minimum absolute atomic E-state index is 0.269. The van der Waals surface area contributed by atoms with Crippen LogP contribution in [0.1, 0.15) is 33.1 Å². The van der Waals surface area contributed by atoms with E-state index in [1.165, 1.54) is 0 Å². The van der Waals surface area contributed by atoms with Gasteiger partial charge in [-0.25, -0.2) is 0 Å². The third-order valence-electron chi connectivity index (χ3n) is 2.42. The van der Waals surface area contributed by atoms with Crippen LogP contribution in [-0.2, 0) is 0 Å². The highest BCUT2D eigenvalue weighted by Crippen LogP contribution is 2.21. The van der Waals surface area contributed by atoms with Crippen LogP contribution in [0, 0.1) is 39.4 Å². The number of hydrogen-bond donors (Lipinski definition) is 0. The number of nitrogens with zero attached hydrogens (tertiary/aromatic N) is 4. The van der Waals surface area contributed by atoms with Gasteiger partial charge >= 0.3 is 0 Å². The molecule has 0 fully saturated rings. The number of unbranched alkanes of at least 4 members (excludes halogenated alkanes) is 1. The molecular weight excluding hydrogens is 200 g/mol. The Morgan fingerprint density at radius 1 is 1.00 bits per heavy atom. The first-order valence-electron chi connectivity index (χ1n) is 5.43. The van der Waals surface area contributed by atoms with E-state index >= 15 is 0 Å². The molecule has 0 aliphatic carbocycles. The second-order valence-corrected chi connectivity index (χ2v) is 4.48. The van der Waals surface area contributed by atoms with Crippen molar-refractivity contribution in [1.82, 2.24) is 4.90 Å². The normalized spacial score (nSPS) is 10.5. The van der Waals surface area contributed by atoms with Crippen molar-refractivity contribution in [2.75, 3.05) is 19.6 Å². The highest BCUT2D eigenvalue weighted by atomic mass is 15.1. The molecule has 0 aromatic heterocycles. The van der Waals surface area contributed by atoms with Crippen molar-refractivity contribution >= 4 is 0 Å². The largest absolute Gasteiger partial charge is 0.277 e. The van der Waals surface area contributed by atoms with Crippen molar-refractivity contribution in [1.29, 1.82) is 15.8 Å². The van der Waals surface area contributed by atoms with Crippen LogP contribution in [0.5, 0.6) is 0 Å². The highest BCUT2D eigenvalue weighted by molar-refractivity contribution is 4.91. The molecule has 16 heavy (non-hydrogen) atoms. The molecule has 0 aromatic carbocycles. The Morgan fingerprint density at radius 3 is 2.00 bits per heavy atom. The van der Waals surface area contributed by atoms with E-state index in [0.29, 0.717) is 13.1 Å².